The van der Waals surface area contributed by atoms with E-state index in [2.05, 4.69) is 6.58 Å². The van der Waals surface area contributed by atoms with Gasteiger partial charge in [-0.05, 0) is 38.8 Å². The van der Waals surface area contributed by atoms with Crippen LogP contribution in [0, 0.1) is 0 Å². The average Bonchev–Trinajstić information content (AvgIpc) is 2.34. The van der Waals surface area contributed by atoms with E-state index in [1.165, 1.54) is 0 Å². The highest BCUT2D eigenvalue weighted by Gasteiger charge is 2.21. The first-order chi connectivity index (χ1) is 9.33. The minimum atomic E-state index is -0.499. The maximum absolute atomic E-state index is 12.1. The number of ether oxygens (including phenoxy) is 1. The molecule has 0 fully saturated rings. The van der Waals surface area contributed by atoms with Gasteiger partial charge in [0.1, 0.15) is 5.60 Å². The van der Waals surface area contributed by atoms with Crippen LogP contribution < -0.4 is 0 Å². The lowest BCUT2D eigenvalue weighted by Gasteiger charge is -2.26. The van der Waals surface area contributed by atoms with Gasteiger partial charge in [-0.2, -0.15) is 0 Å². The molecule has 4 heteroatoms. The van der Waals surface area contributed by atoms with Gasteiger partial charge in [-0.3, -0.25) is 0 Å². The molecule has 0 unspecified atom stereocenters. The molecule has 110 valence electrons. The average molecular weight is 296 g/mol. The van der Waals surface area contributed by atoms with Crippen molar-refractivity contribution >= 4 is 17.7 Å². The van der Waals surface area contributed by atoms with Crippen LogP contribution in [-0.4, -0.2) is 29.7 Å². The van der Waals surface area contributed by atoms with Gasteiger partial charge >= 0.3 is 6.09 Å². The largest absolute Gasteiger partial charge is 0.444 e. The lowest BCUT2D eigenvalue weighted by molar-refractivity contribution is 0.0274. The molecule has 20 heavy (non-hydrogen) atoms. The van der Waals surface area contributed by atoms with Crippen molar-refractivity contribution in [3.63, 3.8) is 0 Å². The van der Waals surface area contributed by atoms with Gasteiger partial charge in [-0.25, -0.2) is 4.79 Å². The van der Waals surface area contributed by atoms with Crippen molar-refractivity contribution in [2.75, 3.05) is 13.1 Å². The molecule has 0 heterocycles. The van der Waals surface area contributed by atoms with Crippen LogP contribution in [0.25, 0.3) is 0 Å². The number of hydrogen-bond acceptors (Lipinski definition) is 2. The minimum absolute atomic E-state index is 0.329. The van der Waals surface area contributed by atoms with Crippen LogP contribution in [0.1, 0.15) is 26.3 Å². The van der Waals surface area contributed by atoms with Crippen molar-refractivity contribution in [2.24, 2.45) is 0 Å². The van der Waals surface area contributed by atoms with E-state index in [-0.39, 0.29) is 6.09 Å². The number of benzene rings is 1. The third-order valence-corrected chi connectivity index (χ3v) is 2.98. The van der Waals surface area contributed by atoms with E-state index < -0.39 is 5.60 Å². The third kappa shape index (κ3) is 5.66. The first-order valence-electron chi connectivity index (χ1n) is 6.65. The Balaban J connectivity index is 2.66. The van der Waals surface area contributed by atoms with Gasteiger partial charge in [0, 0.05) is 18.1 Å². The fraction of sp³-hybridized carbons (Fsp3) is 0.438. The zero-order valence-electron chi connectivity index (χ0n) is 12.4. The van der Waals surface area contributed by atoms with Gasteiger partial charge in [0.25, 0.3) is 0 Å². The molecule has 0 aliphatic heterocycles. The van der Waals surface area contributed by atoms with Crippen LogP contribution in [0.3, 0.4) is 0 Å². The van der Waals surface area contributed by atoms with Crippen LogP contribution in [0.4, 0.5) is 4.79 Å². The Bertz CT molecular complexity index is 466. The van der Waals surface area contributed by atoms with Crippen LogP contribution in [0.15, 0.2) is 36.9 Å². The maximum Gasteiger partial charge on any atom is 0.410 e. The smallest absolute Gasteiger partial charge is 0.410 e. The van der Waals surface area contributed by atoms with E-state index in [9.17, 15) is 4.79 Å². The third-order valence-electron chi connectivity index (χ3n) is 2.61. The van der Waals surface area contributed by atoms with Crippen molar-refractivity contribution in [1.82, 2.24) is 4.90 Å². The van der Waals surface area contributed by atoms with E-state index in [0.29, 0.717) is 19.5 Å². The molecule has 3 nitrogen and oxygen atoms in total. The lowest BCUT2D eigenvalue weighted by Crippen LogP contribution is -2.38. The van der Waals surface area contributed by atoms with Crippen molar-refractivity contribution in [3.8, 4) is 0 Å². The van der Waals surface area contributed by atoms with Crippen LogP contribution in [0.2, 0.25) is 5.02 Å². The number of nitrogens with zero attached hydrogens (tertiary/aromatic N) is 1. The Morgan fingerprint density at radius 1 is 1.40 bits per heavy atom. The molecule has 0 saturated carbocycles. The Morgan fingerprint density at radius 2 is 2.05 bits per heavy atom. The van der Waals surface area contributed by atoms with Crippen LogP contribution >= 0.6 is 11.6 Å². The quantitative estimate of drug-likeness (QED) is 0.758. The standard InChI is InChI=1S/C16H22ClNO2/c1-5-11-18(15(19)20-16(2,3)4)12-10-13-8-6-7-9-14(13)17/h5-9H,1,10-12H2,2-4H3. The highest BCUT2D eigenvalue weighted by molar-refractivity contribution is 6.31. The van der Waals surface area contributed by atoms with E-state index in [1.807, 2.05) is 45.0 Å². The van der Waals surface area contributed by atoms with Gasteiger partial charge in [-0.15, -0.1) is 6.58 Å². The summed E-state index contributed by atoms with van der Waals surface area (Å²) < 4.78 is 5.38. The highest BCUT2D eigenvalue weighted by Crippen LogP contribution is 2.16. The molecule has 0 aromatic heterocycles. The fourth-order valence-corrected chi connectivity index (χ4v) is 1.93. The van der Waals surface area contributed by atoms with E-state index in [0.717, 1.165) is 10.6 Å². The fourth-order valence-electron chi connectivity index (χ4n) is 1.70. The van der Waals surface area contributed by atoms with Gasteiger partial charge in [0.2, 0.25) is 0 Å². The van der Waals surface area contributed by atoms with E-state index in [4.69, 9.17) is 16.3 Å². The summed E-state index contributed by atoms with van der Waals surface area (Å²) in [5.74, 6) is 0. The van der Waals surface area contributed by atoms with Gasteiger partial charge in [0.15, 0.2) is 0 Å². The zero-order valence-corrected chi connectivity index (χ0v) is 13.1. The first kappa shape index (κ1) is 16.6. The number of amides is 1. The number of hydrogen-bond donors (Lipinski definition) is 0. The molecule has 0 saturated heterocycles. The summed E-state index contributed by atoms with van der Waals surface area (Å²) in [6.45, 7) is 10.2. The van der Waals surface area contributed by atoms with Crippen LogP contribution in [-0.2, 0) is 11.2 Å². The summed E-state index contributed by atoms with van der Waals surface area (Å²) in [4.78, 5) is 13.7. The monoisotopic (exact) mass is 295 g/mol. The molecule has 0 radical (unpaired) electrons. The van der Waals surface area contributed by atoms with Gasteiger partial charge in [-0.1, -0.05) is 35.9 Å². The predicted octanol–water partition coefficient (Wildman–Crippen LogP) is 4.31. The minimum Gasteiger partial charge on any atom is -0.444 e. The van der Waals surface area contributed by atoms with E-state index in [1.54, 1.807) is 11.0 Å². The van der Waals surface area contributed by atoms with Crippen molar-refractivity contribution < 1.29 is 9.53 Å². The lowest BCUT2D eigenvalue weighted by atomic mass is 10.1. The molecule has 1 amide bonds. The molecular formula is C16H22ClNO2. The van der Waals surface area contributed by atoms with Crippen molar-refractivity contribution in [1.29, 1.82) is 0 Å². The summed E-state index contributed by atoms with van der Waals surface area (Å²) in [5, 5.41) is 0.718. The molecule has 0 aliphatic carbocycles. The number of rotatable bonds is 5. The second-order valence-electron chi connectivity index (χ2n) is 5.56. The summed E-state index contributed by atoms with van der Waals surface area (Å²) in [5.41, 5.74) is 0.521. The second kappa shape index (κ2) is 7.34. The molecule has 0 bridgehead atoms. The number of carbonyl (C=O) groups excluding carboxylic acids is 1. The van der Waals surface area contributed by atoms with Gasteiger partial charge in [0.05, 0.1) is 0 Å². The molecule has 0 aliphatic rings. The maximum atomic E-state index is 12.1. The molecule has 1 aromatic rings. The SMILES string of the molecule is C=CCN(CCc1ccccc1Cl)C(=O)OC(C)(C)C. The summed E-state index contributed by atoms with van der Waals surface area (Å²) in [6.07, 6.45) is 2.05. The number of carbonyl (C=O) groups is 1. The van der Waals surface area contributed by atoms with E-state index >= 15 is 0 Å². The van der Waals surface area contributed by atoms with Crippen molar-refractivity contribution in [2.45, 2.75) is 32.8 Å². The van der Waals surface area contributed by atoms with Crippen molar-refractivity contribution in [3.05, 3.63) is 47.5 Å². The van der Waals surface area contributed by atoms with Gasteiger partial charge < -0.3 is 9.64 Å². The highest BCUT2D eigenvalue weighted by atomic mass is 35.5. The summed E-state index contributed by atoms with van der Waals surface area (Å²) in [7, 11) is 0. The molecule has 0 atom stereocenters. The first-order valence-corrected chi connectivity index (χ1v) is 7.03. The second-order valence-corrected chi connectivity index (χ2v) is 5.96. The molecule has 0 N–H and O–H groups in total. The normalized spacial score (nSPS) is 11.0. The molecule has 0 spiro atoms. The number of halogens is 1. The Hall–Kier alpha value is -1.48. The summed E-state index contributed by atoms with van der Waals surface area (Å²) >= 11 is 6.12. The molecular weight excluding hydrogens is 274 g/mol. The van der Waals surface area contributed by atoms with Crippen LogP contribution in [0.5, 0.6) is 0 Å². The Kier molecular flexibility index (Phi) is 6.08. The Morgan fingerprint density at radius 3 is 2.60 bits per heavy atom. The zero-order chi connectivity index (χ0) is 15.2. The topological polar surface area (TPSA) is 29.5 Å². The molecule has 1 aromatic carbocycles. The predicted molar refractivity (Wildman–Crippen MR) is 83.2 cm³/mol. The molecule has 1 rings (SSSR count). The Labute approximate surface area is 126 Å². The summed E-state index contributed by atoms with van der Waals surface area (Å²) in [6, 6.07) is 7.64.